The Morgan fingerprint density at radius 1 is 1.56 bits per heavy atom. The maximum absolute atomic E-state index is 11.9. The van der Waals surface area contributed by atoms with Crippen molar-refractivity contribution in [2.75, 3.05) is 4.72 Å². The highest BCUT2D eigenvalue weighted by molar-refractivity contribution is 7.93. The van der Waals surface area contributed by atoms with Crippen LogP contribution >= 0.6 is 0 Å². The Hall–Kier alpha value is -1.05. The van der Waals surface area contributed by atoms with Gasteiger partial charge in [0.15, 0.2) is 0 Å². The summed E-state index contributed by atoms with van der Waals surface area (Å²) in [6.45, 7) is 3.84. The van der Waals surface area contributed by atoms with Crippen LogP contribution in [0.4, 0.5) is 5.69 Å². The summed E-state index contributed by atoms with van der Waals surface area (Å²) in [4.78, 5) is 0. The van der Waals surface area contributed by atoms with Gasteiger partial charge in [0.05, 0.1) is 11.9 Å². The molecule has 0 saturated carbocycles. The molecule has 2 rings (SSSR count). The van der Waals surface area contributed by atoms with E-state index in [0.29, 0.717) is 24.2 Å². The maximum Gasteiger partial charge on any atom is 0.491 e. The van der Waals surface area contributed by atoms with Crippen molar-refractivity contribution in [3.63, 3.8) is 0 Å². The number of anilines is 1. The van der Waals surface area contributed by atoms with Gasteiger partial charge in [0.2, 0.25) is 10.0 Å². The summed E-state index contributed by atoms with van der Waals surface area (Å²) in [5, 5.41) is 9.11. The molecule has 0 aromatic heterocycles. The summed E-state index contributed by atoms with van der Waals surface area (Å²) in [6.07, 6.45) is 0.548. The van der Waals surface area contributed by atoms with E-state index in [9.17, 15) is 13.4 Å². The summed E-state index contributed by atoms with van der Waals surface area (Å²) in [6, 6.07) is 5.06. The first-order chi connectivity index (χ1) is 8.44. The molecule has 0 spiro atoms. The Balaban J connectivity index is 2.24. The highest BCUT2D eigenvalue weighted by atomic mass is 32.2. The topological polar surface area (TPSA) is 75.6 Å². The minimum absolute atomic E-state index is 0.356. The molecule has 0 fully saturated rings. The van der Waals surface area contributed by atoms with E-state index in [1.54, 1.807) is 25.1 Å². The SMILES string of the molecule is CC[C@H](C)S(=O)(=O)Nc1ccc2c(c1)B(O)OC2. The van der Waals surface area contributed by atoms with Crippen molar-refractivity contribution in [2.45, 2.75) is 32.1 Å². The van der Waals surface area contributed by atoms with E-state index < -0.39 is 22.4 Å². The monoisotopic (exact) mass is 269 g/mol. The highest BCUT2D eigenvalue weighted by Gasteiger charge is 2.28. The molecule has 0 bridgehead atoms. The molecule has 0 aliphatic carbocycles. The number of hydrogen-bond donors (Lipinski definition) is 2. The van der Waals surface area contributed by atoms with E-state index in [4.69, 9.17) is 4.65 Å². The van der Waals surface area contributed by atoms with E-state index in [-0.39, 0.29) is 0 Å². The van der Waals surface area contributed by atoms with Crippen LogP contribution in [0.2, 0.25) is 0 Å². The molecular weight excluding hydrogens is 253 g/mol. The quantitative estimate of drug-likeness (QED) is 0.778. The molecule has 2 N–H and O–H groups in total. The predicted molar refractivity (Wildman–Crippen MR) is 71.1 cm³/mol. The van der Waals surface area contributed by atoms with Gasteiger partial charge in [0, 0.05) is 5.69 Å². The van der Waals surface area contributed by atoms with E-state index in [1.807, 2.05) is 6.92 Å². The first-order valence-electron chi connectivity index (χ1n) is 5.88. The molecule has 98 valence electrons. The summed E-state index contributed by atoms with van der Waals surface area (Å²) in [5.41, 5.74) is 1.96. The summed E-state index contributed by atoms with van der Waals surface area (Å²) >= 11 is 0. The molecule has 0 saturated heterocycles. The lowest BCUT2D eigenvalue weighted by atomic mass is 9.79. The highest BCUT2D eigenvalue weighted by Crippen LogP contribution is 2.17. The molecule has 0 unspecified atom stereocenters. The Morgan fingerprint density at radius 2 is 2.28 bits per heavy atom. The van der Waals surface area contributed by atoms with Gasteiger partial charge >= 0.3 is 7.12 Å². The number of fused-ring (bicyclic) bond motifs is 1. The van der Waals surface area contributed by atoms with Crippen molar-refractivity contribution in [3.05, 3.63) is 23.8 Å². The standard InChI is InChI=1S/C11H16BNO4S/c1-3-8(2)18(15,16)13-10-5-4-9-7-17-12(14)11(9)6-10/h4-6,8,13-14H,3,7H2,1-2H3/t8-/m0/s1. The molecule has 1 aliphatic rings. The van der Waals surface area contributed by atoms with Crippen molar-refractivity contribution in [3.8, 4) is 0 Å². The molecule has 1 aromatic rings. The number of benzene rings is 1. The molecule has 0 radical (unpaired) electrons. The van der Waals surface area contributed by atoms with Gasteiger partial charge in [0.1, 0.15) is 0 Å². The zero-order chi connectivity index (χ0) is 13.3. The van der Waals surface area contributed by atoms with Gasteiger partial charge in [-0.25, -0.2) is 8.42 Å². The number of hydrogen-bond acceptors (Lipinski definition) is 4. The molecule has 1 heterocycles. The van der Waals surface area contributed by atoms with E-state index >= 15 is 0 Å². The zero-order valence-corrected chi connectivity index (χ0v) is 11.2. The molecule has 18 heavy (non-hydrogen) atoms. The second-order valence-corrected chi connectivity index (χ2v) is 6.54. The van der Waals surface area contributed by atoms with Crippen LogP contribution in [0.15, 0.2) is 18.2 Å². The minimum atomic E-state index is -3.37. The largest absolute Gasteiger partial charge is 0.491 e. The van der Waals surface area contributed by atoms with Crippen molar-refractivity contribution in [2.24, 2.45) is 0 Å². The second-order valence-electron chi connectivity index (χ2n) is 4.44. The third-order valence-corrected chi connectivity index (χ3v) is 5.09. The van der Waals surface area contributed by atoms with Crippen LogP contribution in [0.25, 0.3) is 0 Å². The Bertz CT molecular complexity index is 546. The zero-order valence-electron chi connectivity index (χ0n) is 10.4. The third-order valence-electron chi connectivity index (χ3n) is 3.17. The van der Waals surface area contributed by atoms with Crippen LogP contribution in [0.1, 0.15) is 25.8 Å². The average Bonchev–Trinajstić information content (AvgIpc) is 2.69. The number of sulfonamides is 1. The lowest BCUT2D eigenvalue weighted by molar-refractivity contribution is 0.275. The van der Waals surface area contributed by atoms with Gasteiger partial charge in [-0.15, -0.1) is 0 Å². The minimum Gasteiger partial charge on any atom is -0.423 e. The predicted octanol–water partition coefficient (Wildman–Crippen LogP) is 0.444. The van der Waals surface area contributed by atoms with Crippen LogP contribution in [-0.4, -0.2) is 25.8 Å². The van der Waals surface area contributed by atoms with E-state index in [1.165, 1.54) is 0 Å². The Morgan fingerprint density at radius 3 is 2.94 bits per heavy atom. The van der Waals surface area contributed by atoms with Crippen molar-refractivity contribution in [1.82, 2.24) is 0 Å². The molecule has 1 aromatic carbocycles. The van der Waals surface area contributed by atoms with Gasteiger partial charge < -0.3 is 9.68 Å². The van der Waals surface area contributed by atoms with Crippen molar-refractivity contribution >= 4 is 28.3 Å². The van der Waals surface area contributed by atoms with Gasteiger partial charge in [-0.2, -0.15) is 0 Å². The maximum atomic E-state index is 11.9. The molecule has 1 atom stereocenters. The smallest absolute Gasteiger partial charge is 0.423 e. The van der Waals surface area contributed by atoms with Crippen molar-refractivity contribution in [1.29, 1.82) is 0 Å². The molecule has 7 heteroatoms. The lowest BCUT2D eigenvalue weighted by Crippen LogP contribution is -2.29. The van der Waals surface area contributed by atoms with Crippen molar-refractivity contribution < 1.29 is 18.1 Å². The number of rotatable bonds is 4. The van der Waals surface area contributed by atoms with E-state index in [0.717, 1.165) is 5.56 Å². The third kappa shape index (κ3) is 2.53. The fourth-order valence-corrected chi connectivity index (χ4v) is 2.86. The summed E-state index contributed by atoms with van der Waals surface area (Å²) in [7, 11) is -4.34. The first-order valence-corrected chi connectivity index (χ1v) is 7.43. The first kappa shape index (κ1) is 13.4. The van der Waals surface area contributed by atoms with Crippen LogP contribution in [0, 0.1) is 0 Å². The van der Waals surface area contributed by atoms with Crippen LogP contribution in [0.3, 0.4) is 0 Å². The van der Waals surface area contributed by atoms with Crippen LogP contribution in [-0.2, 0) is 21.3 Å². The number of nitrogens with one attached hydrogen (secondary N) is 1. The van der Waals surface area contributed by atoms with Gasteiger partial charge in [0.25, 0.3) is 0 Å². The second kappa shape index (κ2) is 4.91. The summed E-state index contributed by atoms with van der Waals surface area (Å²) < 4.78 is 31.4. The summed E-state index contributed by atoms with van der Waals surface area (Å²) in [5.74, 6) is 0. The lowest BCUT2D eigenvalue weighted by Gasteiger charge is -2.13. The molecule has 0 amide bonds. The fraction of sp³-hybridized carbons (Fsp3) is 0.455. The van der Waals surface area contributed by atoms with Crippen LogP contribution in [0.5, 0.6) is 0 Å². The molecular formula is C11H16BNO4S. The molecule has 5 nitrogen and oxygen atoms in total. The van der Waals surface area contributed by atoms with Gasteiger partial charge in [-0.1, -0.05) is 13.0 Å². The fourth-order valence-electron chi connectivity index (χ4n) is 1.76. The molecule has 1 aliphatic heterocycles. The van der Waals surface area contributed by atoms with Gasteiger partial charge in [-0.3, -0.25) is 4.72 Å². The van der Waals surface area contributed by atoms with Crippen LogP contribution < -0.4 is 10.2 Å². The Labute approximate surface area is 107 Å². The average molecular weight is 269 g/mol. The van der Waals surface area contributed by atoms with E-state index in [2.05, 4.69) is 4.72 Å². The van der Waals surface area contributed by atoms with Gasteiger partial charge in [-0.05, 0) is 36.5 Å². The normalized spacial score (nSPS) is 16.5. The Kier molecular flexibility index (Phi) is 3.65.